The van der Waals surface area contributed by atoms with Crippen LogP contribution in [0.15, 0.2) is 24.5 Å². The van der Waals surface area contributed by atoms with Gasteiger partial charge < -0.3 is 9.64 Å². The van der Waals surface area contributed by atoms with Crippen LogP contribution in [0.25, 0.3) is 0 Å². The van der Waals surface area contributed by atoms with Crippen LogP contribution in [0.5, 0.6) is 0 Å². The Morgan fingerprint density at radius 2 is 2.56 bits per heavy atom. The average molecular weight is 220 g/mol. The second-order valence-electron chi connectivity index (χ2n) is 3.81. The van der Waals surface area contributed by atoms with Crippen LogP contribution in [0.4, 0.5) is 5.69 Å². The molecule has 0 aliphatic carbocycles. The Kier molecular flexibility index (Phi) is 3.39. The van der Waals surface area contributed by atoms with Gasteiger partial charge in [-0.15, -0.1) is 0 Å². The molecule has 1 unspecified atom stereocenters. The molecule has 1 fully saturated rings. The lowest BCUT2D eigenvalue weighted by atomic mass is 10.2. The highest BCUT2D eigenvalue weighted by molar-refractivity contribution is 5.80. The highest BCUT2D eigenvalue weighted by Gasteiger charge is 2.31. The SMILES string of the molecule is CCOC(=O)C1CCCN1c1cccnc1. The number of hydrogen-bond donors (Lipinski definition) is 0. The number of carbonyl (C=O) groups excluding carboxylic acids is 1. The summed E-state index contributed by atoms with van der Waals surface area (Å²) in [6, 6.07) is 3.73. The minimum absolute atomic E-state index is 0.121. The maximum absolute atomic E-state index is 11.7. The summed E-state index contributed by atoms with van der Waals surface area (Å²) in [7, 11) is 0. The predicted octanol–water partition coefficient (Wildman–Crippen LogP) is 1.61. The third kappa shape index (κ3) is 2.15. The van der Waals surface area contributed by atoms with Crippen molar-refractivity contribution in [2.45, 2.75) is 25.8 Å². The first-order valence-electron chi connectivity index (χ1n) is 5.66. The molecule has 0 saturated carbocycles. The highest BCUT2D eigenvalue weighted by atomic mass is 16.5. The lowest BCUT2D eigenvalue weighted by Gasteiger charge is -2.24. The number of hydrogen-bond acceptors (Lipinski definition) is 4. The number of pyridine rings is 1. The van der Waals surface area contributed by atoms with Gasteiger partial charge in [-0.25, -0.2) is 4.79 Å². The predicted molar refractivity (Wildman–Crippen MR) is 61.2 cm³/mol. The van der Waals surface area contributed by atoms with E-state index in [1.807, 2.05) is 19.1 Å². The smallest absolute Gasteiger partial charge is 0.328 e. The van der Waals surface area contributed by atoms with Crippen LogP contribution in [0.1, 0.15) is 19.8 Å². The maximum Gasteiger partial charge on any atom is 0.328 e. The summed E-state index contributed by atoms with van der Waals surface area (Å²) in [5.41, 5.74) is 0.998. The van der Waals surface area contributed by atoms with Gasteiger partial charge in [0.2, 0.25) is 0 Å². The Morgan fingerprint density at radius 3 is 3.25 bits per heavy atom. The summed E-state index contributed by atoms with van der Waals surface area (Å²) < 4.78 is 5.08. The van der Waals surface area contributed by atoms with Crippen molar-refractivity contribution in [3.05, 3.63) is 24.5 Å². The van der Waals surface area contributed by atoms with E-state index in [9.17, 15) is 4.79 Å². The lowest BCUT2D eigenvalue weighted by Crippen LogP contribution is -2.37. The largest absolute Gasteiger partial charge is 0.464 e. The monoisotopic (exact) mass is 220 g/mol. The van der Waals surface area contributed by atoms with Gasteiger partial charge in [-0.1, -0.05) is 0 Å². The minimum atomic E-state index is -0.135. The molecule has 4 heteroatoms. The third-order valence-corrected chi connectivity index (χ3v) is 2.79. The van der Waals surface area contributed by atoms with Gasteiger partial charge in [-0.05, 0) is 31.9 Å². The van der Waals surface area contributed by atoms with Crippen molar-refractivity contribution in [3.8, 4) is 0 Å². The van der Waals surface area contributed by atoms with Crippen LogP contribution in [-0.4, -0.2) is 30.1 Å². The molecule has 1 aromatic rings. The number of nitrogens with zero attached hydrogens (tertiary/aromatic N) is 2. The van der Waals surface area contributed by atoms with Crippen molar-refractivity contribution in [1.29, 1.82) is 0 Å². The van der Waals surface area contributed by atoms with Crippen LogP contribution < -0.4 is 4.90 Å². The van der Waals surface area contributed by atoms with Crippen molar-refractivity contribution in [2.24, 2.45) is 0 Å². The second-order valence-corrected chi connectivity index (χ2v) is 3.81. The Labute approximate surface area is 95.2 Å². The molecule has 1 aliphatic heterocycles. The molecule has 1 aliphatic rings. The molecular weight excluding hydrogens is 204 g/mol. The molecule has 2 rings (SSSR count). The van der Waals surface area contributed by atoms with Crippen LogP contribution in [0.2, 0.25) is 0 Å². The molecule has 0 aromatic carbocycles. The van der Waals surface area contributed by atoms with Crippen LogP contribution >= 0.6 is 0 Å². The van der Waals surface area contributed by atoms with Gasteiger partial charge in [0.15, 0.2) is 0 Å². The summed E-state index contributed by atoms with van der Waals surface area (Å²) in [4.78, 5) is 17.9. The number of rotatable bonds is 3. The van der Waals surface area contributed by atoms with Gasteiger partial charge in [-0.3, -0.25) is 4.98 Å². The van der Waals surface area contributed by atoms with Gasteiger partial charge >= 0.3 is 5.97 Å². The molecule has 0 amide bonds. The molecule has 86 valence electrons. The van der Waals surface area contributed by atoms with Crippen molar-refractivity contribution in [3.63, 3.8) is 0 Å². The van der Waals surface area contributed by atoms with Crippen molar-refractivity contribution >= 4 is 11.7 Å². The lowest BCUT2D eigenvalue weighted by molar-refractivity contribution is -0.144. The summed E-state index contributed by atoms with van der Waals surface area (Å²) in [5.74, 6) is -0.121. The van der Waals surface area contributed by atoms with Gasteiger partial charge in [0.25, 0.3) is 0 Å². The normalized spacial score (nSPS) is 19.8. The Balaban J connectivity index is 2.12. The molecule has 1 aromatic heterocycles. The van der Waals surface area contributed by atoms with Crippen LogP contribution in [0, 0.1) is 0 Å². The second kappa shape index (κ2) is 4.96. The number of aromatic nitrogens is 1. The minimum Gasteiger partial charge on any atom is -0.464 e. The Bertz CT molecular complexity index is 353. The number of anilines is 1. The Morgan fingerprint density at radius 1 is 1.69 bits per heavy atom. The van der Waals surface area contributed by atoms with Crippen molar-refractivity contribution in [2.75, 3.05) is 18.1 Å². The van der Waals surface area contributed by atoms with Crippen molar-refractivity contribution in [1.82, 2.24) is 4.98 Å². The van der Waals surface area contributed by atoms with Crippen LogP contribution in [0.3, 0.4) is 0 Å². The van der Waals surface area contributed by atoms with E-state index in [0.29, 0.717) is 6.61 Å². The fraction of sp³-hybridized carbons (Fsp3) is 0.500. The average Bonchev–Trinajstić information content (AvgIpc) is 2.79. The van der Waals surface area contributed by atoms with Crippen molar-refractivity contribution < 1.29 is 9.53 Å². The number of ether oxygens (including phenoxy) is 1. The van der Waals surface area contributed by atoms with Gasteiger partial charge in [0.1, 0.15) is 6.04 Å². The molecule has 0 N–H and O–H groups in total. The van der Waals surface area contributed by atoms with Crippen LogP contribution in [-0.2, 0) is 9.53 Å². The van der Waals surface area contributed by atoms with E-state index in [4.69, 9.17) is 4.74 Å². The maximum atomic E-state index is 11.7. The van der Waals surface area contributed by atoms with Gasteiger partial charge in [0, 0.05) is 12.7 Å². The standard InChI is InChI=1S/C12H16N2O2/c1-2-16-12(15)11-6-4-8-14(11)10-5-3-7-13-9-10/h3,5,7,9,11H,2,4,6,8H2,1H3. The topological polar surface area (TPSA) is 42.4 Å². The number of esters is 1. The van der Waals surface area contributed by atoms with E-state index in [2.05, 4.69) is 9.88 Å². The van der Waals surface area contributed by atoms with E-state index < -0.39 is 0 Å². The quantitative estimate of drug-likeness (QED) is 0.726. The molecule has 0 radical (unpaired) electrons. The van der Waals surface area contributed by atoms with E-state index in [-0.39, 0.29) is 12.0 Å². The Hall–Kier alpha value is -1.58. The zero-order valence-corrected chi connectivity index (χ0v) is 9.43. The highest BCUT2D eigenvalue weighted by Crippen LogP contribution is 2.25. The molecule has 4 nitrogen and oxygen atoms in total. The molecule has 1 saturated heterocycles. The number of carbonyl (C=O) groups is 1. The first-order valence-corrected chi connectivity index (χ1v) is 5.66. The van der Waals surface area contributed by atoms with E-state index in [1.165, 1.54) is 0 Å². The zero-order chi connectivity index (χ0) is 11.4. The summed E-state index contributed by atoms with van der Waals surface area (Å²) >= 11 is 0. The first-order chi connectivity index (χ1) is 7.83. The third-order valence-electron chi connectivity index (χ3n) is 2.79. The van der Waals surface area contributed by atoms with Gasteiger partial charge in [-0.2, -0.15) is 0 Å². The molecular formula is C12H16N2O2. The molecule has 2 heterocycles. The molecule has 0 bridgehead atoms. The van der Waals surface area contributed by atoms with E-state index >= 15 is 0 Å². The van der Waals surface area contributed by atoms with E-state index in [1.54, 1.807) is 12.4 Å². The van der Waals surface area contributed by atoms with Gasteiger partial charge in [0.05, 0.1) is 18.5 Å². The summed E-state index contributed by atoms with van der Waals surface area (Å²) in [6.45, 7) is 3.17. The first kappa shape index (κ1) is 10.9. The van der Waals surface area contributed by atoms with E-state index in [0.717, 1.165) is 25.1 Å². The summed E-state index contributed by atoms with van der Waals surface area (Å²) in [6.07, 6.45) is 5.42. The summed E-state index contributed by atoms with van der Waals surface area (Å²) in [5, 5.41) is 0. The fourth-order valence-corrected chi connectivity index (χ4v) is 2.08. The zero-order valence-electron chi connectivity index (χ0n) is 9.43. The molecule has 16 heavy (non-hydrogen) atoms. The fourth-order valence-electron chi connectivity index (χ4n) is 2.08. The molecule has 1 atom stereocenters. The molecule has 0 spiro atoms.